The second kappa shape index (κ2) is 15.1. The van der Waals surface area contributed by atoms with Crippen molar-refractivity contribution in [3.05, 3.63) is 47.2 Å². The van der Waals surface area contributed by atoms with Gasteiger partial charge in [-0.05, 0) is 66.8 Å². The molecule has 3 aromatic heterocycles. The van der Waals surface area contributed by atoms with Gasteiger partial charge in [0.1, 0.15) is 21.7 Å². The zero-order valence-electron chi connectivity index (χ0n) is 31.4. The van der Waals surface area contributed by atoms with Crippen molar-refractivity contribution in [2.24, 2.45) is 0 Å². The maximum Gasteiger partial charge on any atom is 0.167 e. The molecule has 12 heteroatoms. The van der Waals surface area contributed by atoms with E-state index < -0.39 is 27.6 Å². The number of morpholine rings is 1. The topological polar surface area (TPSA) is 77.2 Å². The first-order valence-electron chi connectivity index (χ1n) is 17.9. The lowest BCUT2D eigenvalue weighted by Crippen LogP contribution is -2.62. The Kier molecular flexibility index (Phi) is 11.7. The maximum absolute atomic E-state index is 7.06. The number of nitrogens with zero attached hydrogens (tertiary/aromatic N) is 6. The highest BCUT2D eigenvalue weighted by atomic mass is 79.9. The van der Waals surface area contributed by atoms with E-state index in [-0.39, 0.29) is 0 Å². The lowest BCUT2D eigenvalue weighted by Gasteiger charge is -2.52. The molecule has 2 unspecified atom stereocenters. The predicted molar refractivity (Wildman–Crippen MR) is 213 cm³/mol. The lowest BCUT2D eigenvalue weighted by atomic mass is 10.0. The van der Waals surface area contributed by atoms with E-state index in [2.05, 4.69) is 105 Å². The Hall–Kier alpha value is -2.36. The van der Waals surface area contributed by atoms with E-state index in [1.165, 1.54) is 0 Å². The predicted octanol–water partition coefficient (Wildman–Crippen LogP) is 9.31. The number of halogens is 1. The summed E-state index contributed by atoms with van der Waals surface area (Å²) in [4.78, 5) is 14.9. The number of anilines is 2. The van der Waals surface area contributed by atoms with Gasteiger partial charge in [0.05, 0.1) is 24.9 Å². The largest absolute Gasteiger partial charge is 0.378 e. The summed E-state index contributed by atoms with van der Waals surface area (Å²) in [5, 5.41) is 6.17. The molecule has 0 N–H and O–H groups in total. The molecule has 9 nitrogen and oxygen atoms in total. The molecule has 4 heterocycles. The van der Waals surface area contributed by atoms with E-state index in [1.807, 2.05) is 35.1 Å². The van der Waals surface area contributed by atoms with Crippen LogP contribution in [0.15, 0.2) is 47.2 Å². The molecular formula is C37H57BrN6O3Si2. The van der Waals surface area contributed by atoms with Crippen LogP contribution in [0.1, 0.15) is 40.5 Å². The Balaban J connectivity index is 1.76. The van der Waals surface area contributed by atoms with Crippen LogP contribution in [0.4, 0.5) is 11.6 Å². The van der Waals surface area contributed by atoms with Gasteiger partial charge in [0.2, 0.25) is 0 Å². The van der Waals surface area contributed by atoms with Crippen LogP contribution < -0.4 is 9.80 Å². The zero-order valence-corrected chi connectivity index (χ0v) is 35.0. The van der Waals surface area contributed by atoms with Crippen molar-refractivity contribution in [3.63, 3.8) is 0 Å². The van der Waals surface area contributed by atoms with Crippen molar-refractivity contribution in [1.82, 2.24) is 19.6 Å². The molecule has 2 atom stereocenters. The summed E-state index contributed by atoms with van der Waals surface area (Å²) < 4.78 is 22.8. The van der Waals surface area contributed by atoms with Crippen molar-refractivity contribution in [2.75, 3.05) is 49.3 Å². The SMILES string of the molecule is CCC(C)(OCC[Si](C)(C)C)N(c1c(Br)c(N2CCOCC2)nc2c(-c3cnc4ccccc4c3)cnn12)C(C)(CC)OCC[Si](C)(C)C. The van der Waals surface area contributed by atoms with Crippen LogP contribution in [0.25, 0.3) is 27.7 Å². The fourth-order valence-corrected chi connectivity index (χ4v) is 8.41. The fourth-order valence-electron chi connectivity index (χ4n) is 6.30. The van der Waals surface area contributed by atoms with E-state index in [1.54, 1.807) is 0 Å². The molecule has 49 heavy (non-hydrogen) atoms. The van der Waals surface area contributed by atoms with Crippen LogP contribution >= 0.6 is 15.9 Å². The third kappa shape index (κ3) is 8.58. The Morgan fingerprint density at radius 3 is 2.06 bits per heavy atom. The van der Waals surface area contributed by atoms with Gasteiger partial charge >= 0.3 is 0 Å². The Bertz CT molecular complexity index is 1700. The highest BCUT2D eigenvalue weighted by Gasteiger charge is 2.47. The smallest absolute Gasteiger partial charge is 0.167 e. The highest BCUT2D eigenvalue weighted by molar-refractivity contribution is 9.10. The summed E-state index contributed by atoms with van der Waals surface area (Å²) in [5.41, 5.74) is 2.21. The van der Waals surface area contributed by atoms with Crippen LogP contribution in [0.5, 0.6) is 0 Å². The molecule has 1 fully saturated rings. The van der Waals surface area contributed by atoms with E-state index >= 15 is 0 Å². The molecule has 268 valence electrons. The number of para-hydroxylation sites is 1. The van der Waals surface area contributed by atoms with Gasteiger partial charge in [-0.15, -0.1) is 0 Å². The molecule has 0 amide bonds. The first kappa shape index (κ1) is 37.9. The van der Waals surface area contributed by atoms with Crippen LogP contribution in [0, 0.1) is 0 Å². The van der Waals surface area contributed by atoms with Crippen LogP contribution in [-0.4, -0.2) is 86.7 Å². The number of hydrogen-bond donors (Lipinski definition) is 0. The Labute approximate surface area is 303 Å². The van der Waals surface area contributed by atoms with Gasteiger partial charge in [-0.1, -0.05) is 71.3 Å². The average Bonchev–Trinajstić information content (AvgIpc) is 3.48. The molecule has 0 aliphatic carbocycles. The number of fused-ring (bicyclic) bond motifs is 2. The summed E-state index contributed by atoms with van der Waals surface area (Å²) in [6, 6.07) is 12.5. The second-order valence-corrected chi connectivity index (χ2v) is 28.1. The standard InChI is InChI=1S/C37H57BrN6O3Si2/c1-11-36(3,46-21-23-48(5,6)7)44(37(4,12-2)47-22-24-49(8,9)10)35-32(38)34(42-17-19-45-20-18-42)41-33-30(27-40-43(33)35)29-25-28-15-13-14-16-31(28)39-26-29/h13-16,25-27H,11-12,17-24H2,1-10H3. The van der Waals surface area contributed by atoms with Crippen molar-refractivity contribution < 1.29 is 14.2 Å². The van der Waals surface area contributed by atoms with Gasteiger partial charge in [-0.3, -0.25) is 9.88 Å². The molecule has 0 radical (unpaired) electrons. The molecule has 5 rings (SSSR count). The number of ether oxygens (including phenoxy) is 3. The van der Waals surface area contributed by atoms with Crippen molar-refractivity contribution in [1.29, 1.82) is 0 Å². The minimum Gasteiger partial charge on any atom is -0.378 e. The minimum absolute atomic E-state index is 0.651. The molecule has 1 aromatic carbocycles. The molecule has 1 aliphatic rings. The van der Waals surface area contributed by atoms with Gasteiger partial charge in [-0.2, -0.15) is 9.61 Å². The summed E-state index contributed by atoms with van der Waals surface area (Å²) in [5.74, 6) is 1.74. The number of pyridine rings is 1. The molecule has 1 saturated heterocycles. The number of hydrogen-bond acceptors (Lipinski definition) is 8. The zero-order chi connectivity index (χ0) is 35.6. The van der Waals surface area contributed by atoms with Gasteiger partial charge in [0, 0.05) is 65.2 Å². The van der Waals surface area contributed by atoms with Crippen molar-refractivity contribution >= 4 is 60.3 Å². The molecule has 0 spiro atoms. The lowest BCUT2D eigenvalue weighted by molar-refractivity contribution is -0.111. The van der Waals surface area contributed by atoms with Crippen LogP contribution in [0.2, 0.25) is 51.4 Å². The van der Waals surface area contributed by atoms with Gasteiger partial charge in [0.15, 0.2) is 11.5 Å². The number of aromatic nitrogens is 4. The van der Waals surface area contributed by atoms with Crippen molar-refractivity contribution in [2.45, 2.75) is 103 Å². The molecular weight excluding hydrogens is 713 g/mol. The number of benzene rings is 1. The Morgan fingerprint density at radius 2 is 1.49 bits per heavy atom. The highest BCUT2D eigenvalue weighted by Crippen LogP contribution is 2.45. The Morgan fingerprint density at radius 1 is 0.898 bits per heavy atom. The fraction of sp³-hybridized carbons (Fsp3) is 0.595. The second-order valence-electron chi connectivity index (χ2n) is 16.1. The first-order chi connectivity index (χ1) is 23.1. The average molecular weight is 770 g/mol. The summed E-state index contributed by atoms with van der Waals surface area (Å²) >= 11 is 4.12. The maximum atomic E-state index is 7.06. The van der Waals surface area contributed by atoms with Gasteiger partial charge in [0.25, 0.3) is 0 Å². The number of rotatable bonds is 15. The summed E-state index contributed by atoms with van der Waals surface area (Å²) in [7, 11) is -2.70. The minimum atomic E-state index is -1.35. The van der Waals surface area contributed by atoms with Crippen molar-refractivity contribution in [3.8, 4) is 11.1 Å². The van der Waals surface area contributed by atoms with E-state index in [9.17, 15) is 0 Å². The molecule has 0 bridgehead atoms. The third-order valence-electron chi connectivity index (χ3n) is 9.76. The van der Waals surface area contributed by atoms with E-state index in [4.69, 9.17) is 29.3 Å². The molecule has 0 saturated carbocycles. The van der Waals surface area contributed by atoms with Gasteiger partial charge in [-0.25, -0.2) is 4.98 Å². The molecule has 1 aliphatic heterocycles. The quantitative estimate of drug-likeness (QED) is 0.0875. The summed E-state index contributed by atoms with van der Waals surface area (Å²) in [6.45, 7) is 27.4. The third-order valence-corrected chi connectivity index (χ3v) is 13.9. The van der Waals surface area contributed by atoms with E-state index in [0.717, 1.165) is 81.8 Å². The normalized spacial score (nSPS) is 17.0. The first-order valence-corrected chi connectivity index (χ1v) is 26.1. The van der Waals surface area contributed by atoms with Crippen LogP contribution in [0.3, 0.4) is 0 Å². The monoisotopic (exact) mass is 768 g/mol. The molecule has 4 aromatic rings. The summed E-state index contributed by atoms with van der Waals surface area (Å²) in [6.07, 6.45) is 5.35. The van der Waals surface area contributed by atoms with Crippen LogP contribution in [-0.2, 0) is 14.2 Å². The van der Waals surface area contributed by atoms with Gasteiger partial charge < -0.3 is 19.1 Å². The van der Waals surface area contributed by atoms with E-state index in [0.29, 0.717) is 26.4 Å².